The van der Waals surface area contributed by atoms with Crippen LogP contribution in [-0.4, -0.2) is 6.61 Å². The van der Waals surface area contributed by atoms with Gasteiger partial charge in [0, 0.05) is 17.2 Å². The molecule has 4 rings (SSSR count). The third-order valence-corrected chi connectivity index (χ3v) is 6.49. The fourth-order valence-electron chi connectivity index (χ4n) is 4.46. The Balaban J connectivity index is 1.43. The fourth-order valence-corrected chi connectivity index (χ4v) is 4.46. The molecule has 34 heavy (non-hydrogen) atoms. The first-order valence-electron chi connectivity index (χ1n) is 11.8. The van der Waals surface area contributed by atoms with Crippen molar-refractivity contribution in [1.29, 1.82) is 0 Å². The molecule has 0 spiro atoms. The van der Waals surface area contributed by atoms with E-state index >= 15 is 0 Å². The first kappa shape index (κ1) is 23.9. The van der Waals surface area contributed by atoms with Crippen molar-refractivity contribution in [3.8, 4) is 16.9 Å². The zero-order chi connectivity index (χ0) is 24.1. The maximum Gasteiger partial charge on any atom is 0.166 e. The minimum Gasteiger partial charge on any atom is -0.494 e. The topological polar surface area (TPSA) is 9.23 Å². The van der Waals surface area contributed by atoms with Gasteiger partial charge in [-0.2, -0.15) is 0 Å². The predicted octanol–water partition coefficient (Wildman–Crippen LogP) is 8.32. The summed E-state index contributed by atoms with van der Waals surface area (Å²) in [4.78, 5) is 0. The highest BCUT2D eigenvalue weighted by Crippen LogP contribution is 2.33. The van der Waals surface area contributed by atoms with E-state index < -0.39 is 11.6 Å². The molecule has 0 fully saturated rings. The zero-order valence-corrected chi connectivity index (χ0v) is 19.4. The highest BCUT2D eigenvalue weighted by Gasteiger charge is 2.19. The molecule has 1 unspecified atom stereocenters. The van der Waals surface area contributed by atoms with Crippen LogP contribution in [0.4, 0.5) is 13.2 Å². The third kappa shape index (κ3) is 5.27. The molecule has 176 valence electrons. The maximum absolute atomic E-state index is 14.8. The average molecular weight is 463 g/mol. The summed E-state index contributed by atoms with van der Waals surface area (Å²) in [6.07, 6.45) is 7.33. The Kier molecular flexibility index (Phi) is 7.56. The van der Waals surface area contributed by atoms with Crippen LogP contribution >= 0.6 is 0 Å². The second-order valence-corrected chi connectivity index (χ2v) is 8.67. The van der Waals surface area contributed by atoms with Crippen LogP contribution in [0.15, 0.2) is 73.3 Å². The van der Waals surface area contributed by atoms with E-state index in [-0.39, 0.29) is 5.82 Å². The molecule has 1 atom stereocenters. The Hall–Kier alpha value is -3.27. The van der Waals surface area contributed by atoms with Crippen LogP contribution in [0.2, 0.25) is 0 Å². The molecule has 0 amide bonds. The van der Waals surface area contributed by atoms with Crippen molar-refractivity contribution in [2.24, 2.45) is 5.92 Å². The van der Waals surface area contributed by atoms with Crippen molar-refractivity contribution < 1.29 is 17.9 Å². The largest absolute Gasteiger partial charge is 0.494 e. The number of aryl methyl sites for hydroxylation is 2. The quantitative estimate of drug-likeness (QED) is 0.306. The summed E-state index contributed by atoms with van der Waals surface area (Å²) >= 11 is 0. The first-order valence-corrected chi connectivity index (χ1v) is 11.8. The van der Waals surface area contributed by atoms with Crippen LogP contribution in [-0.2, 0) is 12.8 Å². The van der Waals surface area contributed by atoms with E-state index in [4.69, 9.17) is 4.74 Å². The lowest BCUT2D eigenvalue weighted by atomic mass is 9.86. The van der Waals surface area contributed by atoms with E-state index in [1.165, 1.54) is 6.07 Å². The predicted molar refractivity (Wildman–Crippen MR) is 132 cm³/mol. The molecule has 0 saturated heterocycles. The van der Waals surface area contributed by atoms with E-state index in [0.29, 0.717) is 47.8 Å². The van der Waals surface area contributed by atoms with Gasteiger partial charge in [0.15, 0.2) is 11.6 Å². The molecular weight excluding hydrogens is 433 g/mol. The van der Waals surface area contributed by atoms with E-state index in [2.05, 4.69) is 6.58 Å². The Morgan fingerprint density at radius 3 is 2.35 bits per heavy atom. The number of rotatable bonds is 8. The number of halogens is 3. The first-order chi connectivity index (χ1) is 16.5. The normalized spacial score (nSPS) is 15.6. The van der Waals surface area contributed by atoms with Crippen molar-refractivity contribution in [2.45, 2.75) is 39.0 Å². The molecule has 0 saturated carbocycles. The van der Waals surface area contributed by atoms with Crippen molar-refractivity contribution in [2.75, 3.05) is 6.61 Å². The van der Waals surface area contributed by atoms with Gasteiger partial charge in [-0.15, -0.1) is 6.58 Å². The van der Waals surface area contributed by atoms with Gasteiger partial charge in [-0.3, -0.25) is 0 Å². The van der Waals surface area contributed by atoms with Crippen LogP contribution in [0.3, 0.4) is 0 Å². The SMILES string of the molecule is C=CC1CC=C(c2ccc(CCc3ccc(-c4ccc(OCC)cc4F)cc3)c(F)c2F)CC1. The highest BCUT2D eigenvalue weighted by atomic mass is 19.2. The van der Waals surface area contributed by atoms with E-state index in [0.717, 1.165) is 36.0 Å². The van der Waals surface area contributed by atoms with E-state index in [9.17, 15) is 13.2 Å². The molecular formula is C30H29F3O. The molecule has 0 aliphatic heterocycles. The number of allylic oxidation sites excluding steroid dienone is 3. The van der Waals surface area contributed by atoms with Gasteiger partial charge in [-0.25, -0.2) is 13.2 Å². The average Bonchev–Trinajstić information content (AvgIpc) is 2.86. The monoisotopic (exact) mass is 462 g/mol. The van der Waals surface area contributed by atoms with Crippen LogP contribution in [0.25, 0.3) is 16.7 Å². The summed E-state index contributed by atoms with van der Waals surface area (Å²) in [6, 6.07) is 15.7. The lowest BCUT2D eigenvalue weighted by Crippen LogP contribution is -2.06. The summed E-state index contributed by atoms with van der Waals surface area (Å²) < 4.78 is 49.4. The van der Waals surface area contributed by atoms with Crippen molar-refractivity contribution in [3.05, 3.63) is 107 Å². The molecule has 1 nitrogen and oxygen atoms in total. The minimum absolute atomic E-state index is 0.343. The van der Waals surface area contributed by atoms with Gasteiger partial charge in [-0.05, 0) is 79.3 Å². The molecule has 0 radical (unpaired) electrons. The van der Waals surface area contributed by atoms with Crippen LogP contribution in [0.5, 0.6) is 5.75 Å². The number of hydrogen-bond acceptors (Lipinski definition) is 1. The van der Waals surface area contributed by atoms with Crippen molar-refractivity contribution >= 4 is 5.57 Å². The van der Waals surface area contributed by atoms with Gasteiger partial charge >= 0.3 is 0 Å². The Morgan fingerprint density at radius 2 is 1.71 bits per heavy atom. The number of ether oxygens (including phenoxy) is 1. The van der Waals surface area contributed by atoms with Crippen molar-refractivity contribution in [1.82, 2.24) is 0 Å². The second kappa shape index (κ2) is 10.8. The summed E-state index contributed by atoms with van der Waals surface area (Å²) in [5.74, 6) is -0.960. The molecule has 0 heterocycles. The summed E-state index contributed by atoms with van der Waals surface area (Å²) in [5, 5.41) is 0. The zero-order valence-electron chi connectivity index (χ0n) is 19.4. The summed E-state index contributed by atoms with van der Waals surface area (Å²) in [6.45, 7) is 6.15. The van der Waals surface area contributed by atoms with Gasteiger partial charge < -0.3 is 4.74 Å². The molecule has 3 aromatic rings. The number of benzene rings is 3. The van der Waals surface area contributed by atoms with E-state index in [1.807, 2.05) is 43.3 Å². The molecule has 3 aromatic carbocycles. The van der Waals surface area contributed by atoms with Crippen LogP contribution in [0.1, 0.15) is 42.9 Å². The highest BCUT2D eigenvalue weighted by molar-refractivity contribution is 5.67. The van der Waals surface area contributed by atoms with Crippen LogP contribution < -0.4 is 4.74 Å². The van der Waals surface area contributed by atoms with E-state index in [1.54, 1.807) is 24.3 Å². The van der Waals surface area contributed by atoms with Gasteiger partial charge in [0.2, 0.25) is 0 Å². The smallest absolute Gasteiger partial charge is 0.166 e. The Labute approximate surface area is 199 Å². The summed E-state index contributed by atoms with van der Waals surface area (Å²) in [7, 11) is 0. The Morgan fingerprint density at radius 1 is 0.941 bits per heavy atom. The molecule has 0 bridgehead atoms. The standard InChI is InChI=1S/C30H29F3O/c1-3-20-5-10-23(11-6-20)27-17-15-24(29(32)30(27)33)14-9-21-7-12-22(13-8-21)26-18-16-25(34-4-2)19-28(26)31/h3,7-8,10,12-13,15-20H,1,4-6,9,11,14H2,2H3. The third-order valence-electron chi connectivity index (χ3n) is 6.49. The minimum atomic E-state index is -0.766. The fraction of sp³-hybridized carbons (Fsp3) is 0.267. The lowest BCUT2D eigenvalue weighted by Gasteiger charge is -2.20. The lowest BCUT2D eigenvalue weighted by molar-refractivity contribution is 0.338. The molecule has 1 aliphatic carbocycles. The van der Waals surface area contributed by atoms with Crippen molar-refractivity contribution in [3.63, 3.8) is 0 Å². The Bertz CT molecular complexity index is 1190. The van der Waals surface area contributed by atoms with Crippen LogP contribution in [0, 0.1) is 23.4 Å². The van der Waals surface area contributed by atoms with Gasteiger partial charge in [0.1, 0.15) is 11.6 Å². The van der Waals surface area contributed by atoms with Gasteiger partial charge in [-0.1, -0.05) is 48.6 Å². The molecule has 0 N–H and O–H groups in total. The molecule has 4 heteroatoms. The van der Waals surface area contributed by atoms with Gasteiger partial charge in [0.25, 0.3) is 0 Å². The van der Waals surface area contributed by atoms with Gasteiger partial charge in [0.05, 0.1) is 6.61 Å². The number of hydrogen-bond donors (Lipinski definition) is 0. The maximum atomic E-state index is 14.8. The molecule has 1 aliphatic rings. The summed E-state index contributed by atoms with van der Waals surface area (Å²) in [5.41, 5.74) is 3.83. The second-order valence-electron chi connectivity index (χ2n) is 8.67. The molecule has 0 aromatic heterocycles.